The van der Waals surface area contributed by atoms with E-state index in [9.17, 15) is 16.8 Å². The molecular weight excluding hydrogens is 452 g/mol. The van der Waals surface area contributed by atoms with Gasteiger partial charge in [-0.1, -0.05) is 12.1 Å². The van der Waals surface area contributed by atoms with Crippen molar-refractivity contribution in [3.63, 3.8) is 0 Å². The number of anilines is 2. The summed E-state index contributed by atoms with van der Waals surface area (Å²) in [5.41, 5.74) is 2.35. The predicted molar refractivity (Wildman–Crippen MR) is 111 cm³/mol. The van der Waals surface area contributed by atoms with Crippen LogP contribution in [0.1, 0.15) is 24.0 Å². The third kappa shape index (κ3) is 4.30. The first-order chi connectivity index (χ1) is 12.6. The minimum absolute atomic E-state index is 0.0632. The van der Waals surface area contributed by atoms with E-state index in [-0.39, 0.29) is 10.6 Å². The molecule has 0 aromatic heterocycles. The first-order valence-corrected chi connectivity index (χ1v) is 12.4. The number of rotatable bonds is 4. The number of benzene rings is 2. The van der Waals surface area contributed by atoms with Gasteiger partial charge in [-0.2, -0.15) is 0 Å². The van der Waals surface area contributed by atoms with Gasteiger partial charge in [0.2, 0.25) is 10.0 Å². The molecule has 9 heteroatoms. The van der Waals surface area contributed by atoms with Crippen molar-refractivity contribution >= 4 is 47.4 Å². The largest absolute Gasteiger partial charge is 0.278 e. The van der Waals surface area contributed by atoms with Crippen LogP contribution in [0.25, 0.3) is 0 Å². The van der Waals surface area contributed by atoms with Gasteiger partial charge in [-0.25, -0.2) is 16.8 Å². The second kappa shape index (κ2) is 7.44. The number of halogens is 1. The van der Waals surface area contributed by atoms with E-state index in [4.69, 9.17) is 0 Å². The van der Waals surface area contributed by atoms with Gasteiger partial charge in [0.1, 0.15) is 0 Å². The number of hydrogen-bond acceptors (Lipinski definition) is 4. The van der Waals surface area contributed by atoms with E-state index in [1.165, 1.54) is 10.4 Å². The van der Waals surface area contributed by atoms with Crippen LogP contribution in [0.15, 0.2) is 45.8 Å². The molecule has 1 saturated heterocycles. The van der Waals surface area contributed by atoms with E-state index in [1.807, 2.05) is 19.1 Å². The molecule has 27 heavy (non-hydrogen) atoms. The third-order valence-electron chi connectivity index (χ3n) is 4.47. The Kier molecular flexibility index (Phi) is 5.56. The summed E-state index contributed by atoms with van der Waals surface area (Å²) < 4.78 is 55.1. The lowest BCUT2D eigenvalue weighted by atomic mass is 10.2. The molecule has 0 amide bonds. The fourth-order valence-corrected chi connectivity index (χ4v) is 6.72. The maximum absolute atomic E-state index is 13.0. The highest BCUT2D eigenvalue weighted by Gasteiger charge is 2.28. The van der Waals surface area contributed by atoms with E-state index >= 15 is 0 Å². The minimum atomic E-state index is -3.88. The molecule has 1 N–H and O–H groups in total. The highest BCUT2D eigenvalue weighted by molar-refractivity contribution is 9.10. The molecule has 0 saturated carbocycles. The molecule has 2 aromatic rings. The predicted octanol–water partition coefficient (Wildman–Crippen LogP) is 3.80. The smallest absolute Gasteiger partial charge is 0.262 e. The zero-order chi connectivity index (χ0) is 19.8. The van der Waals surface area contributed by atoms with Crippen LogP contribution in [0.2, 0.25) is 0 Å². The second-order valence-corrected chi connectivity index (χ2v) is 11.2. The standard InChI is InChI=1S/C18H21BrN2O4S2/c1-13-5-8-17(16(19)11-13)20-27(24,25)18-12-15(7-6-14(18)2)21-9-3-4-10-26(21,22)23/h5-8,11-12,20H,3-4,9-10H2,1-2H3. The normalized spacial score (nSPS) is 16.9. The molecule has 0 unspecified atom stereocenters. The Balaban J connectivity index is 2.00. The zero-order valence-electron chi connectivity index (χ0n) is 15.1. The van der Waals surface area contributed by atoms with Gasteiger partial charge < -0.3 is 0 Å². The maximum atomic E-state index is 13.0. The molecule has 1 fully saturated rings. The quantitative estimate of drug-likeness (QED) is 0.733. The SMILES string of the molecule is Cc1ccc(NS(=O)(=O)c2cc(N3CCCCS3(=O)=O)ccc2C)c(Br)c1. The molecule has 3 rings (SSSR count). The van der Waals surface area contributed by atoms with Crippen molar-refractivity contribution in [1.82, 2.24) is 0 Å². The van der Waals surface area contributed by atoms with Crippen LogP contribution in [0.3, 0.4) is 0 Å². The van der Waals surface area contributed by atoms with Crippen LogP contribution in [0.4, 0.5) is 11.4 Å². The van der Waals surface area contributed by atoms with E-state index < -0.39 is 20.0 Å². The first kappa shape index (κ1) is 20.2. The Labute approximate surface area is 168 Å². The highest BCUT2D eigenvalue weighted by atomic mass is 79.9. The molecule has 0 radical (unpaired) electrons. The lowest BCUT2D eigenvalue weighted by Crippen LogP contribution is -2.38. The molecule has 6 nitrogen and oxygen atoms in total. The number of nitrogens with zero attached hydrogens (tertiary/aromatic N) is 1. The number of nitrogens with one attached hydrogen (secondary N) is 1. The zero-order valence-corrected chi connectivity index (χ0v) is 18.3. The molecule has 146 valence electrons. The van der Waals surface area contributed by atoms with E-state index in [2.05, 4.69) is 20.7 Å². The van der Waals surface area contributed by atoms with Gasteiger partial charge in [-0.3, -0.25) is 9.03 Å². The molecule has 1 aliphatic rings. The fourth-order valence-electron chi connectivity index (χ4n) is 3.01. The van der Waals surface area contributed by atoms with Gasteiger partial charge in [-0.05, 0) is 78.0 Å². The monoisotopic (exact) mass is 472 g/mol. The summed E-state index contributed by atoms with van der Waals surface area (Å²) in [6.45, 7) is 3.96. The Morgan fingerprint density at radius 3 is 2.48 bits per heavy atom. The molecule has 0 atom stereocenters. The van der Waals surface area contributed by atoms with Crippen LogP contribution in [-0.2, 0) is 20.0 Å². The molecule has 1 heterocycles. The van der Waals surface area contributed by atoms with Crippen molar-refractivity contribution in [3.8, 4) is 0 Å². The average Bonchev–Trinajstić information content (AvgIpc) is 2.57. The Bertz CT molecular complexity index is 1080. The topological polar surface area (TPSA) is 83.6 Å². The van der Waals surface area contributed by atoms with Crippen molar-refractivity contribution in [3.05, 3.63) is 52.0 Å². The summed E-state index contributed by atoms with van der Waals surface area (Å²) in [7, 11) is -7.29. The van der Waals surface area contributed by atoms with Crippen LogP contribution in [-0.4, -0.2) is 29.1 Å². The van der Waals surface area contributed by atoms with Crippen molar-refractivity contribution in [1.29, 1.82) is 0 Å². The average molecular weight is 473 g/mol. The lowest BCUT2D eigenvalue weighted by molar-refractivity contribution is 0.574. The van der Waals surface area contributed by atoms with E-state index in [0.29, 0.717) is 34.4 Å². The second-order valence-electron chi connectivity index (χ2n) is 6.63. The van der Waals surface area contributed by atoms with E-state index in [0.717, 1.165) is 12.0 Å². The van der Waals surface area contributed by atoms with E-state index in [1.54, 1.807) is 25.1 Å². The maximum Gasteiger partial charge on any atom is 0.262 e. The lowest BCUT2D eigenvalue weighted by Gasteiger charge is -2.28. The first-order valence-electron chi connectivity index (χ1n) is 8.50. The molecule has 0 bridgehead atoms. The molecular formula is C18H21BrN2O4S2. The molecule has 2 aromatic carbocycles. The van der Waals surface area contributed by atoms with Crippen molar-refractivity contribution in [2.75, 3.05) is 21.3 Å². The van der Waals surface area contributed by atoms with Gasteiger partial charge in [0, 0.05) is 11.0 Å². The molecule has 0 aliphatic carbocycles. The summed E-state index contributed by atoms with van der Waals surface area (Å²) >= 11 is 3.37. The van der Waals surface area contributed by atoms with Gasteiger partial charge in [-0.15, -0.1) is 0 Å². The Morgan fingerprint density at radius 2 is 1.81 bits per heavy atom. The van der Waals surface area contributed by atoms with Crippen molar-refractivity contribution in [2.45, 2.75) is 31.6 Å². The van der Waals surface area contributed by atoms with Crippen LogP contribution in [0.5, 0.6) is 0 Å². The van der Waals surface area contributed by atoms with Gasteiger partial charge in [0.15, 0.2) is 0 Å². The minimum Gasteiger partial charge on any atom is -0.278 e. The Morgan fingerprint density at radius 1 is 1.07 bits per heavy atom. The highest BCUT2D eigenvalue weighted by Crippen LogP contribution is 2.30. The molecule has 0 spiro atoms. The third-order valence-corrected chi connectivity index (χ3v) is 8.50. The summed E-state index contributed by atoms with van der Waals surface area (Å²) in [5, 5.41) is 0. The van der Waals surface area contributed by atoms with Gasteiger partial charge in [0.05, 0.1) is 22.0 Å². The van der Waals surface area contributed by atoms with Gasteiger partial charge >= 0.3 is 0 Å². The number of aryl methyl sites for hydroxylation is 2. The van der Waals surface area contributed by atoms with Gasteiger partial charge in [0.25, 0.3) is 10.0 Å². The Hall–Kier alpha value is -1.58. The number of hydrogen-bond donors (Lipinski definition) is 1. The summed E-state index contributed by atoms with van der Waals surface area (Å²) in [6, 6.07) is 10.0. The fraction of sp³-hybridized carbons (Fsp3) is 0.333. The van der Waals surface area contributed by atoms with Crippen LogP contribution < -0.4 is 9.03 Å². The van der Waals surface area contributed by atoms with Crippen LogP contribution in [0, 0.1) is 13.8 Å². The van der Waals surface area contributed by atoms with Crippen LogP contribution >= 0.6 is 15.9 Å². The van der Waals surface area contributed by atoms with Crippen molar-refractivity contribution < 1.29 is 16.8 Å². The summed E-state index contributed by atoms with van der Waals surface area (Å²) in [4.78, 5) is 0.0632. The number of sulfonamides is 2. The molecule has 1 aliphatic heterocycles. The summed E-state index contributed by atoms with van der Waals surface area (Å²) in [5.74, 6) is 0.0809. The van der Waals surface area contributed by atoms with Crippen molar-refractivity contribution in [2.24, 2.45) is 0 Å². The summed E-state index contributed by atoms with van der Waals surface area (Å²) in [6.07, 6.45) is 1.38.